The number of rotatable bonds is 4. The molecule has 4 heteroatoms. The van der Waals surface area contributed by atoms with Gasteiger partial charge in [0.2, 0.25) is 0 Å². The van der Waals surface area contributed by atoms with Crippen molar-refractivity contribution in [3.63, 3.8) is 0 Å². The van der Waals surface area contributed by atoms with Crippen molar-refractivity contribution in [2.75, 3.05) is 0 Å². The maximum absolute atomic E-state index is 13.7. The molecule has 1 N–H and O–H groups in total. The summed E-state index contributed by atoms with van der Waals surface area (Å²) in [6, 6.07) is 11.6. The van der Waals surface area contributed by atoms with Gasteiger partial charge in [-0.3, -0.25) is 0 Å². The van der Waals surface area contributed by atoms with E-state index in [1.54, 1.807) is 25.1 Å². The molecule has 0 radical (unpaired) electrons. The Balaban J connectivity index is 2.05. The molecule has 0 aliphatic carbocycles. The van der Waals surface area contributed by atoms with Gasteiger partial charge in [-0.15, -0.1) is 0 Å². The molecular weight excluding hydrogens is 267 g/mol. The molecule has 19 heavy (non-hydrogen) atoms. The Kier molecular flexibility index (Phi) is 4.40. The summed E-state index contributed by atoms with van der Waals surface area (Å²) in [6.07, 6.45) is -0.695. The van der Waals surface area contributed by atoms with Gasteiger partial charge < -0.3 is 9.84 Å². The number of aliphatic hydroxyl groups is 1. The van der Waals surface area contributed by atoms with E-state index in [-0.39, 0.29) is 12.4 Å². The predicted molar refractivity (Wildman–Crippen MR) is 72.8 cm³/mol. The van der Waals surface area contributed by atoms with Crippen LogP contribution in [0.25, 0.3) is 0 Å². The highest BCUT2D eigenvalue weighted by Crippen LogP contribution is 2.23. The van der Waals surface area contributed by atoms with Crippen molar-refractivity contribution in [3.05, 3.63) is 64.4 Å². The van der Waals surface area contributed by atoms with Crippen molar-refractivity contribution in [1.82, 2.24) is 0 Å². The van der Waals surface area contributed by atoms with E-state index < -0.39 is 11.9 Å². The molecule has 0 saturated heterocycles. The van der Waals surface area contributed by atoms with E-state index in [0.717, 1.165) is 5.56 Å². The van der Waals surface area contributed by atoms with Crippen molar-refractivity contribution in [1.29, 1.82) is 0 Å². The van der Waals surface area contributed by atoms with Crippen LogP contribution in [0.3, 0.4) is 0 Å². The van der Waals surface area contributed by atoms with Gasteiger partial charge in [-0.1, -0.05) is 29.8 Å². The van der Waals surface area contributed by atoms with Crippen LogP contribution in [0.4, 0.5) is 4.39 Å². The minimum Gasteiger partial charge on any atom is -0.486 e. The Morgan fingerprint density at radius 3 is 2.47 bits per heavy atom. The first-order valence-corrected chi connectivity index (χ1v) is 6.29. The highest BCUT2D eigenvalue weighted by Gasteiger charge is 2.08. The van der Waals surface area contributed by atoms with Crippen LogP contribution in [0.5, 0.6) is 5.75 Å². The van der Waals surface area contributed by atoms with Crippen LogP contribution in [0.2, 0.25) is 5.02 Å². The molecule has 0 aliphatic heterocycles. The molecule has 2 aromatic rings. The van der Waals surface area contributed by atoms with Crippen molar-refractivity contribution in [2.45, 2.75) is 19.6 Å². The quantitative estimate of drug-likeness (QED) is 0.913. The van der Waals surface area contributed by atoms with Gasteiger partial charge in [0.15, 0.2) is 11.6 Å². The van der Waals surface area contributed by atoms with Crippen LogP contribution < -0.4 is 4.74 Å². The third-order valence-corrected chi connectivity index (χ3v) is 3.00. The zero-order valence-corrected chi connectivity index (χ0v) is 11.2. The Morgan fingerprint density at radius 1 is 1.21 bits per heavy atom. The largest absolute Gasteiger partial charge is 0.486 e. The second-order valence-electron chi connectivity index (χ2n) is 4.28. The number of hydrogen-bond donors (Lipinski definition) is 1. The summed E-state index contributed by atoms with van der Waals surface area (Å²) in [6.45, 7) is 1.85. The van der Waals surface area contributed by atoms with E-state index in [4.69, 9.17) is 16.3 Å². The van der Waals surface area contributed by atoms with E-state index in [1.807, 2.05) is 12.1 Å². The predicted octanol–water partition coefficient (Wildman–Crippen LogP) is 4.11. The molecule has 0 fully saturated rings. The van der Waals surface area contributed by atoms with Crippen molar-refractivity contribution in [3.8, 4) is 5.75 Å². The summed E-state index contributed by atoms with van der Waals surface area (Å²) < 4.78 is 19.1. The summed E-state index contributed by atoms with van der Waals surface area (Å²) in [5.74, 6) is -0.313. The molecule has 0 aromatic heterocycles. The first-order valence-electron chi connectivity index (χ1n) is 5.91. The lowest BCUT2D eigenvalue weighted by molar-refractivity contribution is 0.198. The fraction of sp³-hybridized carbons (Fsp3) is 0.200. The highest BCUT2D eigenvalue weighted by atomic mass is 35.5. The minimum absolute atomic E-state index is 0.166. The summed E-state index contributed by atoms with van der Waals surface area (Å²) in [4.78, 5) is 0. The third-order valence-electron chi connectivity index (χ3n) is 2.75. The fourth-order valence-corrected chi connectivity index (χ4v) is 1.76. The molecule has 0 aliphatic rings. The van der Waals surface area contributed by atoms with E-state index in [1.165, 1.54) is 12.1 Å². The van der Waals surface area contributed by atoms with Crippen LogP contribution in [0.15, 0.2) is 42.5 Å². The first kappa shape index (κ1) is 13.8. The average molecular weight is 281 g/mol. The van der Waals surface area contributed by atoms with Crippen molar-refractivity contribution in [2.24, 2.45) is 0 Å². The van der Waals surface area contributed by atoms with Gasteiger partial charge in [0, 0.05) is 5.02 Å². The lowest BCUT2D eigenvalue weighted by Gasteiger charge is -2.10. The smallest absolute Gasteiger partial charge is 0.165 e. The summed E-state index contributed by atoms with van der Waals surface area (Å²) in [7, 11) is 0. The van der Waals surface area contributed by atoms with Gasteiger partial charge in [-0.2, -0.15) is 0 Å². The molecule has 1 atom stereocenters. The number of benzene rings is 2. The molecule has 0 heterocycles. The summed E-state index contributed by atoms with van der Waals surface area (Å²) in [5.41, 5.74) is 1.43. The lowest BCUT2D eigenvalue weighted by atomic mass is 10.1. The van der Waals surface area contributed by atoms with Crippen LogP contribution in [0.1, 0.15) is 24.2 Å². The molecule has 2 rings (SSSR count). The molecule has 0 unspecified atom stereocenters. The van der Waals surface area contributed by atoms with Crippen LogP contribution in [-0.4, -0.2) is 5.11 Å². The molecule has 0 saturated carbocycles. The van der Waals surface area contributed by atoms with Gasteiger partial charge in [0.1, 0.15) is 6.61 Å². The Hall–Kier alpha value is -1.58. The first-order chi connectivity index (χ1) is 9.06. The van der Waals surface area contributed by atoms with Gasteiger partial charge in [0.25, 0.3) is 0 Å². The number of halogens is 2. The van der Waals surface area contributed by atoms with E-state index >= 15 is 0 Å². The molecule has 0 amide bonds. The van der Waals surface area contributed by atoms with Crippen molar-refractivity contribution >= 4 is 11.6 Å². The third kappa shape index (κ3) is 3.69. The Bertz CT molecular complexity index is 553. The number of aliphatic hydroxyl groups excluding tert-OH is 1. The summed E-state index contributed by atoms with van der Waals surface area (Å²) >= 11 is 5.78. The maximum atomic E-state index is 13.7. The molecule has 0 bridgehead atoms. The SMILES string of the molecule is C[C@H](O)c1ccc(OCc2ccc(Cl)cc2)c(F)c1. The van der Waals surface area contributed by atoms with Gasteiger partial charge >= 0.3 is 0 Å². The fourth-order valence-electron chi connectivity index (χ4n) is 1.64. The average Bonchev–Trinajstić information content (AvgIpc) is 2.39. The number of hydrogen-bond acceptors (Lipinski definition) is 2. The lowest BCUT2D eigenvalue weighted by Crippen LogP contribution is -1.99. The standard InChI is InChI=1S/C15H14ClFO2/c1-10(18)12-4-7-15(14(17)8-12)19-9-11-2-5-13(16)6-3-11/h2-8,10,18H,9H2,1H3/t10-/m0/s1. The normalized spacial score (nSPS) is 12.2. The van der Waals surface area contributed by atoms with Gasteiger partial charge in [-0.25, -0.2) is 4.39 Å². The minimum atomic E-state index is -0.695. The zero-order valence-electron chi connectivity index (χ0n) is 10.4. The van der Waals surface area contributed by atoms with Crippen LogP contribution >= 0.6 is 11.6 Å². The summed E-state index contributed by atoms with van der Waals surface area (Å²) in [5, 5.41) is 10.0. The van der Waals surface area contributed by atoms with E-state index in [0.29, 0.717) is 10.6 Å². The molecule has 2 nitrogen and oxygen atoms in total. The molecule has 0 spiro atoms. The van der Waals surface area contributed by atoms with Crippen LogP contribution in [0, 0.1) is 5.82 Å². The second kappa shape index (κ2) is 6.04. The second-order valence-corrected chi connectivity index (χ2v) is 4.72. The molecular formula is C15H14ClFO2. The van der Waals surface area contributed by atoms with Gasteiger partial charge in [-0.05, 0) is 42.3 Å². The Morgan fingerprint density at radius 2 is 1.89 bits per heavy atom. The highest BCUT2D eigenvalue weighted by molar-refractivity contribution is 6.30. The van der Waals surface area contributed by atoms with E-state index in [2.05, 4.69) is 0 Å². The molecule has 2 aromatic carbocycles. The zero-order chi connectivity index (χ0) is 13.8. The number of ether oxygens (including phenoxy) is 1. The topological polar surface area (TPSA) is 29.5 Å². The van der Waals surface area contributed by atoms with E-state index in [9.17, 15) is 9.50 Å². The monoisotopic (exact) mass is 280 g/mol. The van der Waals surface area contributed by atoms with Crippen molar-refractivity contribution < 1.29 is 14.2 Å². The molecule has 100 valence electrons. The Labute approximate surface area is 116 Å². The maximum Gasteiger partial charge on any atom is 0.165 e. The van der Waals surface area contributed by atoms with Gasteiger partial charge in [0.05, 0.1) is 6.10 Å². The van der Waals surface area contributed by atoms with Crippen LogP contribution in [-0.2, 0) is 6.61 Å².